The minimum atomic E-state index is -0.879. The van der Waals surface area contributed by atoms with Crippen molar-refractivity contribution in [2.24, 2.45) is 0 Å². The predicted octanol–water partition coefficient (Wildman–Crippen LogP) is 1.18. The van der Waals surface area contributed by atoms with Crippen LogP contribution >= 0.6 is 0 Å². The third-order valence-corrected chi connectivity index (χ3v) is 1.86. The molecule has 1 aromatic carbocycles. The molecule has 1 N–H and O–H groups in total. The molecule has 0 atom stereocenters. The maximum atomic E-state index is 10.4. The fourth-order valence-electron chi connectivity index (χ4n) is 1.11. The fourth-order valence-corrected chi connectivity index (χ4v) is 1.11. The molecule has 0 spiro atoms. The molecule has 0 heterocycles. The summed E-state index contributed by atoms with van der Waals surface area (Å²) in [6.45, 7) is 0.0992. The molecule has 7 nitrogen and oxygen atoms in total. The number of phenols is 1. The van der Waals surface area contributed by atoms with Crippen LogP contribution in [0.4, 0.5) is 0 Å². The first-order chi connectivity index (χ1) is 8.13. The zero-order chi connectivity index (χ0) is 12.7. The van der Waals surface area contributed by atoms with Gasteiger partial charge in [-0.1, -0.05) is 0 Å². The molecule has 92 valence electrons. The van der Waals surface area contributed by atoms with Crippen LogP contribution in [0.2, 0.25) is 0 Å². The number of phenolic OH excluding ortho intramolecular Hbond substituents is 1. The van der Waals surface area contributed by atoms with Gasteiger partial charge in [0.15, 0.2) is 11.5 Å². The van der Waals surface area contributed by atoms with E-state index >= 15 is 0 Å². The highest BCUT2D eigenvalue weighted by molar-refractivity contribution is 5.76. The standard InChI is InChI=1S/C10H11NO6/c12-7-8-2-3-10(9(13)6-8)16-4-1-5-17-11(14)15/h2-3,6-7,13H,1,4-5H2. The summed E-state index contributed by atoms with van der Waals surface area (Å²) in [5.74, 6) is 0.0708. The summed E-state index contributed by atoms with van der Waals surface area (Å²) in [7, 11) is 0. The Morgan fingerprint density at radius 3 is 2.76 bits per heavy atom. The number of ether oxygens (including phenoxy) is 1. The van der Waals surface area contributed by atoms with Crippen molar-refractivity contribution in [3.8, 4) is 11.5 Å². The molecular weight excluding hydrogens is 230 g/mol. The smallest absolute Gasteiger partial charge is 0.294 e. The summed E-state index contributed by atoms with van der Waals surface area (Å²) in [5.41, 5.74) is 0.339. The van der Waals surface area contributed by atoms with Crippen molar-refractivity contribution >= 4 is 6.29 Å². The molecule has 0 unspecified atom stereocenters. The van der Waals surface area contributed by atoms with Gasteiger partial charge in [-0.2, -0.15) is 0 Å². The Labute approximate surface area is 96.7 Å². The summed E-state index contributed by atoms with van der Waals surface area (Å²) in [6.07, 6.45) is 0.921. The van der Waals surface area contributed by atoms with E-state index in [1.807, 2.05) is 0 Å². The predicted molar refractivity (Wildman–Crippen MR) is 56.6 cm³/mol. The normalized spacial score (nSPS) is 9.65. The zero-order valence-electron chi connectivity index (χ0n) is 8.87. The topological polar surface area (TPSA) is 98.9 Å². The highest BCUT2D eigenvalue weighted by Crippen LogP contribution is 2.26. The molecule has 0 aliphatic rings. The van der Waals surface area contributed by atoms with Crippen molar-refractivity contribution < 1.29 is 24.6 Å². The van der Waals surface area contributed by atoms with Gasteiger partial charge in [0, 0.05) is 12.0 Å². The third-order valence-electron chi connectivity index (χ3n) is 1.86. The molecule has 17 heavy (non-hydrogen) atoms. The Hall–Kier alpha value is -2.31. The van der Waals surface area contributed by atoms with Crippen molar-refractivity contribution in [3.63, 3.8) is 0 Å². The highest BCUT2D eigenvalue weighted by atomic mass is 16.9. The van der Waals surface area contributed by atoms with Crippen LogP contribution in [0.25, 0.3) is 0 Å². The number of hydrogen-bond acceptors (Lipinski definition) is 6. The molecule has 0 amide bonds. The average molecular weight is 241 g/mol. The van der Waals surface area contributed by atoms with E-state index in [2.05, 4.69) is 4.84 Å². The number of carbonyl (C=O) groups excluding carboxylic acids is 1. The molecule has 0 bridgehead atoms. The summed E-state index contributed by atoms with van der Waals surface area (Å²) in [6, 6.07) is 4.22. The Bertz CT molecular complexity index is 406. The van der Waals surface area contributed by atoms with E-state index in [1.165, 1.54) is 18.2 Å². The Morgan fingerprint density at radius 1 is 1.41 bits per heavy atom. The van der Waals surface area contributed by atoms with Crippen molar-refractivity contribution in [3.05, 3.63) is 33.9 Å². The van der Waals surface area contributed by atoms with E-state index in [9.17, 15) is 20.0 Å². The number of benzene rings is 1. The van der Waals surface area contributed by atoms with Crippen LogP contribution in [0.5, 0.6) is 11.5 Å². The van der Waals surface area contributed by atoms with Crippen LogP contribution in [0.1, 0.15) is 16.8 Å². The minimum absolute atomic E-state index is 0.0693. The summed E-state index contributed by atoms with van der Waals surface area (Å²) >= 11 is 0. The number of nitrogens with zero attached hydrogens (tertiary/aromatic N) is 1. The highest BCUT2D eigenvalue weighted by Gasteiger charge is 2.03. The van der Waals surface area contributed by atoms with Gasteiger partial charge in [-0.15, -0.1) is 10.1 Å². The van der Waals surface area contributed by atoms with Gasteiger partial charge in [-0.3, -0.25) is 4.79 Å². The van der Waals surface area contributed by atoms with Gasteiger partial charge in [-0.25, -0.2) is 0 Å². The van der Waals surface area contributed by atoms with Gasteiger partial charge >= 0.3 is 0 Å². The Balaban J connectivity index is 2.36. The van der Waals surface area contributed by atoms with Crippen LogP contribution < -0.4 is 4.74 Å². The number of rotatable bonds is 7. The average Bonchev–Trinajstić information content (AvgIpc) is 2.30. The van der Waals surface area contributed by atoms with E-state index < -0.39 is 5.09 Å². The molecule has 7 heteroatoms. The minimum Gasteiger partial charge on any atom is -0.504 e. The fraction of sp³-hybridized carbons (Fsp3) is 0.300. The number of hydrogen-bond donors (Lipinski definition) is 1. The quantitative estimate of drug-likeness (QED) is 0.333. The lowest BCUT2D eigenvalue weighted by molar-refractivity contribution is -0.757. The van der Waals surface area contributed by atoms with E-state index in [4.69, 9.17) is 4.74 Å². The van der Waals surface area contributed by atoms with E-state index in [0.29, 0.717) is 18.3 Å². The molecule has 0 saturated carbocycles. The largest absolute Gasteiger partial charge is 0.504 e. The van der Waals surface area contributed by atoms with Crippen LogP contribution in [-0.2, 0) is 4.84 Å². The maximum Gasteiger partial charge on any atom is 0.294 e. The first-order valence-electron chi connectivity index (χ1n) is 4.82. The first-order valence-corrected chi connectivity index (χ1v) is 4.82. The van der Waals surface area contributed by atoms with Crippen molar-refractivity contribution in [2.45, 2.75) is 6.42 Å². The van der Waals surface area contributed by atoms with E-state index in [1.54, 1.807) is 0 Å². The molecular formula is C10H11NO6. The van der Waals surface area contributed by atoms with Gasteiger partial charge in [0.2, 0.25) is 0 Å². The SMILES string of the molecule is O=Cc1ccc(OCCCO[N+](=O)[O-])c(O)c1. The molecule has 0 saturated heterocycles. The Morgan fingerprint density at radius 2 is 2.18 bits per heavy atom. The second-order valence-electron chi connectivity index (χ2n) is 3.10. The summed E-state index contributed by atoms with van der Waals surface area (Å²) in [5, 5.41) is 18.4. The lowest BCUT2D eigenvalue weighted by atomic mass is 10.2. The molecule has 0 aromatic heterocycles. The van der Waals surface area contributed by atoms with Crippen molar-refractivity contribution in [1.82, 2.24) is 0 Å². The van der Waals surface area contributed by atoms with Gasteiger partial charge in [0.25, 0.3) is 5.09 Å². The Kier molecular flexibility index (Phi) is 4.74. The summed E-state index contributed by atoms with van der Waals surface area (Å²) < 4.78 is 5.15. The van der Waals surface area contributed by atoms with Crippen LogP contribution in [0, 0.1) is 10.1 Å². The third kappa shape index (κ3) is 4.37. The molecule has 0 radical (unpaired) electrons. The van der Waals surface area contributed by atoms with E-state index in [-0.39, 0.29) is 24.7 Å². The number of carbonyl (C=O) groups is 1. The molecule has 0 fully saturated rings. The zero-order valence-corrected chi connectivity index (χ0v) is 8.87. The lowest BCUT2D eigenvalue weighted by Gasteiger charge is -2.07. The van der Waals surface area contributed by atoms with E-state index in [0.717, 1.165) is 0 Å². The number of aromatic hydroxyl groups is 1. The van der Waals surface area contributed by atoms with Gasteiger partial charge in [0.1, 0.15) is 6.29 Å². The van der Waals surface area contributed by atoms with Gasteiger partial charge < -0.3 is 14.7 Å². The maximum absolute atomic E-state index is 10.4. The second-order valence-corrected chi connectivity index (χ2v) is 3.10. The molecule has 0 aliphatic carbocycles. The molecule has 1 rings (SSSR count). The van der Waals surface area contributed by atoms with Gasteiger partial charge in [0.05, 0.1) is 13.2 Å². The lowest BCUT2D eigenvalue weighted by Crippen LogP contribution is -2.06. The van der Waals surface area contributed by atoms with Crippen LogP contribution in [0.15, 0.2) is 18.2 Å². The van der Waals surface area contributed by atoms with Crippen molar-refractivity contribution in [1.29, 1.82) is 0 Å². The van der Waals surface area contributed by atoms with Crippen LogP contribution in [-0.4, -0.2) is 29.7 Å². The summed E-state index contributed by atoms with van der Waals surface area (Å²) in [4.78, 5) is 24.3. The molecule has 1 aromatic rings. The van der Waals surface area contributed by atoms with Crippen LogP contribution in [0.3, 0.4) is 0 Å². The van der Waals surface area contributed by atoms with Crippen molar-refractivity contribution in [2.75, 3.05) is 13.2 Å². The second kappa shape index (κ2) is 6.31. The molecule has 0 aliphatic heterocycles. The van der Waals surface area contributed by atoms with Gasteiger partial charge in [-0.05, 0) is 18.2 Å². The number of aldehydes is 1. The monoisotopic (exact) mass is 241 g/mol. The first kappa shape index (κ1) is 12.8.